The van der Waals surface area contributed by atoms with E-state index in [-0.39, 0.29) is 5.69 Å². The third kappa shape index (κ3) is 2.58. The molecule has 8 heteroatoms. The zero-order valence-corrected chi connectivity index (χ0v) is 12.7. The molecule has 0 saturated heterocycles. The molecule has 1 aromatic heterocycles. The van der Waals surface area contributed by atoms with E-state index in [0.29, 0.717) is 0 Å². The van der Waals surface area contributed by atoms with Crippen LogP contribution in [0.3, 0.4) is 0 Å². The van der Waals surface area contributed by atoms with Crippen molar-refractivity contribution in [2.75, 3.05) is 5.32 Å². The number of carbonyl (C=O) groups is 1. The van der Waals surface area contributed by atoms with E-state index in [4.69, 9.17) is 0 Å². The molecule has 1 aliphatic rings. The third-order valence-electron chi connectivity index (χ3n) is 3.07. The highest BCUT2D eigenvalue weighted by molar-refractivity contribution is 14.1. The van der Waals surface area contributed by atoms with Gasteiger partial charge in [0.05, 0.1) is 23.9 Å². The van der Waals surface area contributed by atoms with Gasteiger partial charge in [0.15, 0.2) is 6.29 Å². The van der Waals surface area contributed by atoms with Crippen LogP contribution >= 0.6 is 22.6 Å². The van der Waals surface area contributed by atoms with Crippen molar-refractivity contribution in [1.29, 1.82) is 0 Å². The van der Waals surface area contributed by atoms with Gasteiger partial charge in [0.2, 0.25) is 0 Å². The Bertz CT molecular complexity index is 731. The Morgan fingerprint density at radius 1 is 1.48 bits per heavy atom. The van der Waals surface area contributed by atoms with Gasteiger partial charge in [-0.2, -0.15) is 0 Å². The van der Waals surface area contributed by atoms with Crippen LogP contribution in [0, 0.1) is 9.39 Å². The smallest absolute Gasteiger partial charge is 0.414 e. The predicted octanol–water partition coefficient (Wildman–Crippen LogP) is 3.16. The van der Waals surface area contributed by atoms with Crippen LogP contribution < -0.4 is 5.32 Å². The maximum absolute atomic E-state index is 14.0. The summed E-state index contributed by atoms with van der Waals surface area (Å²) in [5.74, 6) is -0.441. The number of aromatic nitrogens is 2. The van der Waals surface area contributed by atoms with Crippen LogP contribution in [0.2, 0.25) is 0 Å². The van der Waals surface area contributed by atoms with Crippen LogP contribution in [0.5, 0.6) is 0 Å². The van der Waals surface area contributed by atoms with Gasteiger partial charge in [-0.05, 0) is 46.9 Å². The molecule has 0 aliphatic carbocycles. The van der Waals surface area contributed by atoms with Gasteiger partial charge >= 0.3 is 6.09 Å². The van der Waals surface area contributed by atoms with Gasteiger partial charge in [0, 0.05) is 9.77 Å². The fourth-order valence-corrected chi connectivity index (χ4v) is 2.53. The molecule has 0 saturated carbocycles. The van der Waals surface area contributed by atoms with E-state index in [1.807, 2.05) is 22.6 Å². The Hall–Kier alpha value is -2.10. The van der Waals surface area contributed by atoms with Gasteiger partial charge in [-0.15, -0.1) is 0 Å². The maximum atomic E-state index is 14.0. The predicted molar refractivity (Wildman–Crippen MR) is 82.9 cm³/mol. The lowest BCUT2D eigenvalue weighted by atomic mass is 10.3. The van der Waals surface area contributed by atoms with E-state index in [1.165, 1.54) is 18.6 Å². The topological polar surface area (TPSA) is 70.4 Å². The molecule has 1 unspecified atom stereocenters. The van der Waals surface area contributed by atoms with E-state index in [0.717, 1.165) is 14.2 Å². The van der Waals surface area contributed by atoms with Crippen LogP contribution in [0.15, 0.2) is 36.9 Å². The number of carboxylic acid groups (broad SMARTS) is 1. The summed E-state index contributed by atoms with van der Waals surface area (Å²) >= 11 is 2.01. The van der Waals surface area contributed by atoms with Crippen molar-refractivity contribution >= 4 is 40.4 Å². The SMILES string of the molecule is O=C(O)N1C=Cc2cncn2C1Nc1ccc(I)cc1F. The van der Waals surface area contributed by atoms with E-state index < -0.39 is 18.2 Å². The minimum Gasteiger partial charge on any atom is -0.465 e. The number of hydrogen-bond acceptors (Lipinski definition) is 3. The molecule has 1 atom stereocenters. The molecule has 2 N–H and O–H groups in total. The summed E-state index contributed by atoms with van der Waals surface area (Å²) in [5.41, 5.74) is 0.956. The third-order valence-corrected chi connectivity index (χ3v) is 3.74. The second-order valence-electron chi connectivity index (χ2n) is 4.37. The van der Waals surface area contributed by atoms with Crippen molar-refractivity contribution in [2.24, 2.45) is 0 Å². The summed E-state index contributed by atoms with van der Waals surface area (Å²) in [7, 11) is 0. The molecule has 0 fully saturated rings. The average molecular weight is 400 g/mol. The van der Waals surface area contributed by atoms with E-state index in [2.05, 4.69) is 10.3 Å². The molecule has 0 bridgehead atoms. The minimum atomic E-state index is -1.14. The standard InChI is InChI=1S/C13H10FIN4O2/c14-10-5-8(15)1-2-11(10)17-12-18(13(20)21)4-3-9-6-16-7-19(9)12/h1-7,12,17H,(H,20,21). The number of benzene rings is 1. The van der Waals surface area contributed by atoms with Crippen LogP contribution in [0.25, 0.3) is 6.08 Å². The summed E-state index contributed by atoms with van der Waals surface area (Å²) in [6.07, 6.45) is 4.21. The monoisotopic (exact) mass is 400 g/mol. The minimum absolute atomic E-state index is 0.224. The van der Waals surface area contributed by atoms with Gasteiger partial charge in [-0.25, -0.2) is 19.1 Å². The lowest BCUT2D eigenvalue weighted by Crippen LogP contribution is -2.39. The van der Waals surface area contributed by atoms with Gasteiger partial charge in [0.1, 0.15) is 5.82 Å². The molecule has 2 heterocycles. The number of nitrogens with zero attached hydrogens (tertiary/aromatic N) is 3. The number of nitrogens with one attached hydrogen (secondary N) is 1. The van der Waals surface area contributed by atoms with Crippen molar-refractivity contribution in [3.8, 4) is 0 Å². The molecule has 2 aromatic rings. The summed E-state index contributed by atoms with van der Waals surface area (Å²) < 4.78 is 16.3. The maximum Gasteiger partial charge on any atom is 0.414 e. The molecular weight excluding hydrogens is 390 g/mol. The van der Waals surface area contributed by atoms with Gasteiger partial charge in [0.25, 0.3) is 0 Å². The molecule has 3 rings (SSSR count). The molecule has 108 valence electrons. The summed E-state index contributed by atoms with van der Waals surface area (Å²) in [4.78, 5) is 16.4. The molecular formula is C13H10FIN4O2. The Kier molecular flexibility index (Phi) is 3.53. The number of halogens is 2. The number of anilines is 1. The number of imidazole rings is 1. The van der Waals surface area contributed by atoms with E-state index in [9.17, 15) is 14.3 Å². The lowest BCUT2D eigenvalue weighted by molar-refractivity contribution is 0.136. The van der Waals surface area contributed by atoms with Crippen LogP contribution in [0.1, 0.15) is 12.0 Å². The molecule has 0 radical (unpaired) electrons. The quantitative estimate of drug-likeness (QED) is 0.761. The van der Waals surface area contributed by atoms with Crippen molar-refractivity contribution in [2.45, 2.75) is 6.29 Å². The fourth-order valence-electron chi connectivity index (χ4n) is 2.07. The number of hydrogen-bond donors (Lipinski definition) is 2. The Morgan fingerprint density at radius 2 is 2.29 bits per heavy atom. The van der Waals surface area contributed by atoms with Crippen molar-refractivity contribution in [1.82, 2.24) is 14.5 Å². The number of fused-ring (bicyclic) bond motifs is 1. The highest BCUT2D eigenvalue weighted by atomic mass is 127. The first-order chi connectivity index (χ1) is 10.1. The molecule has 21 heavy (non-hydrogen) atoms. The number of rotatable bonds is 2. The number of amides is 1. The highest BCUT2D eigenvalue weighted by Gasteiger charge is 2.27. The van der Waals surface area contributed by atoms with E-state index in [1.54, 1.807) is 29.0 Å². The molecule has 1 aromatic carbocycles. The average Bonchev–Trinajstić information content (AvgIpc) is 2.90. The van der Waals surface area contributed by atoms with Crippen molar-refractivity contribution in [3.63, 3.8) is 0 Å². The first-order valence-corrected chi connectivity index (χ1v) is 7.07. The van der Waals surface area contributed by atoms with Crippen LogP contribution in [-0.2, 0) is 0 Å². The largest absolute Gasteiger partial charge is 0.465 e. The first-order valence-electron chi connectivity index (χ1n) is 5.99. The molecule has 1 amide bonds. The molecule has 0 spiro atoms. The zero-order valence-electron chi connectivity index (χ0n) is 10.6. The highest BCUT2D eigenvalue weighted by Crippen LogP contribution is 2.27. The van der Waals surface area contributed by atoms with E-state index >= 15 is 0 Å². The molecule has 6 nitrogen and oxygen atoms in total. The van der Waals surface area contributed by atoms with Gasteiger partial charge < -0.3 is 10.4 Å². The Balaban J connectivity index is 1.98. The Labute approximate surface area is 133 Å². The van der Waals surface area contributed by atoms with Crippen molar-refractivity contribution in [3.05, 3.63) is 52.0 Å². The second kappa shape index (κ2) is 5.35. The van der Waals surface area contributed by atoms with Crippen molar-refractivity contribution < 1.29 is 14.3 Å². The van der Waals surface area contributed by atoms with Gasteiger partial charge in [-0.3, -0.25) is 4.57 Å². The molecule has 1 aliphatic heterocycles. The lowest BCUT2D eigenvalue weighted by Gasteiger charge is -2.32. The first kappa shape index (κ1) is 13.9. The zero-order chi connectivity index (χ0) is 15.0. The van der Waals surface area contributed by atoms with Gasteiger partial charge in [-0.1, -0.05) is 0 Å². The summed E-state index contributed by atoms with van der Waals surface area (Å²) in [6.45, 7) is 0. The second-order valence-corrected chi connectivity index (χ2v) is 5.62. The normalized spacial score (nSPS) is 16.7. The Morgan fingerprint density at radius 3 is 3.00 bits per heavy atom. The summed E-state index contributed by atoms with van der Waals surface area (Å²) in [6, 6.07) is 4.69. The fraction of sp³-hybridized carbons (Fsp3) is 0.0769. The van der Waals surface area contributed by atoms with Crippen LogP contribution in [-0.4, -0.2) is 25.7 Å². The van der Waals surface area contributed by atoms with Crippen LogP contribution in [0.4, 0.5) is 14.9 Å². The summed E-state index contributed by atoms with van der Waals surface area (Å²) in [5, 5.41) is 12.2.